The van der Waals surface area contributed by atoms with E-state index in [4.69, 9.17) is 4.74 Å². The van der Waals surface area contributed by atoms with Crippen LogP contribution in [-0.4, -0.2) is 30.2 Å². The predicted octanol–water partition coefficient (Wildman–Crippen LogP) is 4.33. The van der Waals surface area contributed by atoms with E-state index in [1.165, 1.54) is 4.90 Å². The van der Waals surface area contributed by atoms with Crippen LogP contribution in [0.1, 0.15) is 37.8 Å². The number of carbonyl (C=O) groups excluding carboxylic acids is 4. The summed E-state index contributed by atoms with van der Waals surface area (Å²) in [7, 11) is 0. The van der Waals surface area contributed by atoms with E-state index in [0.717, 1.165) is 36.1 Å². The third-order valence-electron chi connectivity index (χ3n) is 9.67. The van der Waals surface area contributed by atoms with Crippen molar-refractivity contribution in [2.75, 3.05) is 16.3 Å². The molecule has 39 heavy (non-hydrogen) atoms. The molecule has 2 aromatic carbocycles. The molecule has 0 unspecified atom stereocenters. The molecule has 7 heteroatoms. The maximum atomic E-state index is 13.4. The van der Waals surface area contributed by atoms with Gasteiger partial charge in [-0.25, -0.2) is 0 Å². The Bertz CT molecular complexity index is 1370. The summed E-state index contributed by atoms with van der Waals surface area (Å²) in [6, 6.07) is 12.7. The average molecular weight is 525 g/mol. The first-order valence-electron chi connectivity index (χ1n) is 14.2. The molecule has 7 nitrogen and oxygen atoms in total. The molecule has 0 aromatic heterocycles. The summed E-state index contributed by atoms with van der Waals surface area (Å²) < 4.78 is 5.66. The Hall–Kier alpha value is -3.74. The van der Waals surface area contributed by atoms with Crippen molar-refractivity contribution >= 4 is 35.1 Å². The molecule has 6 aliphatic rings. The molecule has 4 aliphatic carbocycles. The Balaban J connectivity index is 1.04. The van der Waals surface area contributed by atoms with Gasteiger partial charge in [0.25, 0.3) is 0 Å². The normalized spacial score (nSPS) is 32.1. The number of hydrogen-bond donors (Lipinski definition) is 0. The van der Waals surface area contributed by atoms with Crippen molar-refractivity contribution in [3.63, 3.8) is 0 Å². The molecule has 4 fully saturated rings. The summed E-state index contributed by atoms with van der Waals surface area (Å²) in [4.78, 5) is 55.8. The summed E-state index contributed by atoms with van der Waals surface area (Å²) in [6.07, 6.45) is 7.17. The van der Waals surface area contributed by atoms with Crippen LogP contribution in [0.2, 0.25) is 0 Å². The van der Waals surface area contributed by atoms with E-state index in [1.54, 1.807) is 29.2 Å². The van der Waals surface area contributed by atoms with Crippen molar-refractivity contribution < 1.29 is 23.9 Å². The standard InChI is InChI=1S/C32H32N2O5/c1-3-17-6-5-7-18(4-2)29(17)33-16-19(14-26(33)35)32(38)39-21-10-8-20(9-11-21)34-30(36)27-22-12-13-23(25-15-24(22)25)28(27)31(34)37/h5-13,19,22-25,27-28H,3-4,14-16H2,1-2H3/t19-,22+,23+,24+,25+,27-,28+/m1/s1. The number of para-hydroxylation sites is 1. The molecule has 2 saturated carbocycles. The fourth-order valence-corrected chi connectivity index (χ4v) is 7.72. The molecule has 2 bridgehead atoms. The van der Waals surface area contributed by atoms with E-state index < -0.39 is 11.9 Å². The minimum Gasteiger partial charge on any atom is -0.426 e. The van der Waals surface area contributed by atoms with Gasteiger partial charge >= 0.3 is 5.97 Å². The van der Waals surface area contributed by atoms with Gasteiger partial charge in [0, 0.05) is 18.7 Å². The fraction of sp³-hybridized carbons (Fsp3) is 0.438. The van der Waals surface area contributed by atoms with Crippen molar-refractivity contribution in [2.45, 2.75) is 39.5 Å². The zero-order chi connectivity index (χ0) is 27.0. The van der Waals surface area contributed by atoms with Gasteiger partial charge in [-0.2, -0.15) is 0 Å². The Labute approximate surface area is 227 Å². The monoisotopic (exact) mass is 524 g/mol. The summed E-state index contributed by atoms with van der Waals surface area (Å²) in [5.41, 5.74) is 3.63. The van der Waals surface area contributed by atoms with Crippen molar-refractivity contribution in [1.29, 1.82) is 0 Å². The number of esters is 1. The highest BCUT2D eigenvalue weighted by molar-refractivity contribution is 6.22. The second-order valence-electron chi connectivity index (χ2n) is 11.6. The Morgan fingerprint density at radius 2 is 1.46 bits per heavy atom. The van der Waals surface area contributed by atoms with Crippen LogP contribution in [0.5, 0.6) is 5.75 Å². The minimum atomic E-state index is -0.564. The third-order valence-corrected chi connectivity index (χ3v) is 9.67. The molecule has 0 N–H and O–H groups in total. The molecule has 3 amide bonds. The van der Waals surface area contributed by atoms with Crippen LogP contribution in [0.15, 0.2) is 54.6 Å². The molecule has 200 valence electrons. The van der Waals surface area contributed by atoms with Crippen LogP contribution >= 0.6 is 0 Å². The number of carbonyl (C=O) groups is 4. The molecule has 2 saturated heterocycles. The topological polar surface area (TPSA) is 84.0 Å². The number of aryl methyl sites for hydroxylation is 2. The second kappa shape index (κ2) is 8.90. The highest BCUT2D eigenvalue weighted by atomic mass is 16.5. The van der Waals surface area contributed by atoms with Crippen LogP contribution < -0.4 is 14.5 Å². The number of rotatable bonds is 6. The van der Waals surface area contributed by atoms with E-state index in [1.807, 2.05) is 18.2 Å². The maximum absolute atomic E-state index is 13.4. The number of allylic oxidation sites excluding steroid dienone is 2. The SMILES string of the molecule is CCc1cccc(CC)c1N1C[C@H](C(=O)Oc2ccc(N3C(=O)[C@@H]4[C@H]5C=C[C@@H]([C@@H]6C[C@@H]56)[C@@H]4C3=O)cc2)CC1=O. The number of ether oxygens (including phenoxy) is 1. The lowest BCUT2D eigenvalue weighted by atomic mass is 9.63. The van der Waals surface area contributed by atoms with Gasteiger partial charge < -0.3 is 9.64 Å². The molecule has 7 atom stereocenters. The first-order chi connectivity index (χ1) is 18.9. The first kappa shape index (κ1) is 24.3. The highest BCUT2D eigenvalue weighted by Gasteiger charge is 2.67. The van der Waals surface area contributed by atoms with Gasteiger partial charge in [-0.3, -0.25) is 24.1 Å². The molecule has 0 spiro atoms. The van der Waals surface area contributed by atoms with Gasteiger partial charge in [0.1, 0.15) is 5.75 Å². The Morgan fingerprint density at radius 3 is 2.03 bits per heavy atom. The van der Waals surface area contributed by atoms with E-state index in [2.05, 4.69) is 26.0 Å². The van der Waals surface area contributed by atoms with E-state index in [-0.39, 0.29) is 54.4 Å². The van der Waals surface area contributed by atoms with Gasteiger partial charge in [0.05, 0.1) is 23.4 Å². The van der Waals surface area contributed by atoms with Crippen LogP contribution in [0.4, 0.5) is 11.4 Å². The van der Waals surface area contributed by atoms with Gasteiger partial charge in [0.15, 0.2) is 0 Å². The van der Waals surface area contributed by atoms with Crippen LogP contribution in [0, 0.1) is 41.4 Å². The van der Waals surface area contributed by atoms with Crippen molar-refractivity contribution in [2.24, 2.45) is 41.4 Å². The summed E-state index contributed by atoms with van der Waals surface area (Å²) in [5, 5.41) is 0. The molecule has 2 heterocycles. The van der Waals surface area contributed by atoms with Gasteiger partial charge in [0.2, 0.25) is 17.7 Å². The van der Waals surface area contributed by atoms with E-state index in [9.17, 15) is 19.2 Å². The highest BCUT2D eigenvalue weighted by Crippen LogP contribution is 2.65. The van der Waals surface area contributed by atoms with Crippen molar-refractivity contribution in [1.82, 2.24) is 0 Å². The number of benzene rings is 2. The number of anilines is 2. The summed E-state index contributed by atoms with van der Waals surface area (Å²) in [6.45, 7) is 4.42. The maximum Gasteiger partial charge on any atom is 0.316 e. The van der Waals surface area contributed by atoms with Crippen molar-refractivity contribution in [3.05, 3.63) is 65.7 Å². The largest absolute Gasteiger partial charge is 0.426 e. The van der Waals surface area contributed by atoms with Crippen LogP contribution in [-0.2, 0) is 32.0 Å². The van der Waals surface area contributed by atoms with Crippen molar-refractivity contribution in [3.8, 4) is 5.75 Å². The number of imide groups is 1. The molecule has 8 rings (SSSR count). The van der Waals surface area contributed by atoms with E-state index >= 15 is 0 Å². The first-order valence-corrected chi connectivity index (χ1v) is 14.2. The van der Waals surface area contributed by atoms with E-state index in [0.29, 0.717) is 23.3 Å². The third kappa shape index (κ3) is 3.62. The van der Waals surface area contributed by atoms with Gasteiger partial charge in [-0.15, -0.1) is 0 Å². The Morgan fingerprint density at radius 1 is 0.872 bits per heavy atom. The van der Waals surface area contributed by atoms with Gasteiger partial charge in [-0.05, 0) is 78.3 Å². The molecule has 2 aliphatic heterocycles. The fourth-order valence-electron chi connectivity index (χ4n) is 7.72. The number of hydrogen-bond acceptors (Lipinski definition) is 5. The molecular formula is C32H32N2O5. The zero-order valence-corrected chi connectivity index (χ0v) is 22.2. The van der Waals surface area contributed by atoms with Gasteiger partial charge in [-0.1, -0.05) is 44.2 Å². The lowest BCUT2D eigenvalue weighted by Crippen LogP contribution is -2.40. The second-order valence-corrected chi connectivity index (χ2v) is 11.6. The lowest BCUT2D eigenvalue weighted by molar-refractivity contribution is -0.139. The van der Waals surface area contributed by atoms with Crippen LogP contribution in [0.3, 0.4) is 0 Å². The summed E-state index contributed by atoms with van der Waals surface area (Å²) in [5.74, 6) is 0.00292. The quantitative estimate of drug-likeness (QED) is 0.243. The number of amides is 3. The molecular weight excluding hydrogens is 492 g/mol. The predicted molar refractivity (Wildman–Crippen MR) is 145 cm³/mol. The summed E-state index contributed by atoms with van der Waals surface area (Å²) >= 11 is 0. The number of nitrogens with zero attached hydrogens (tertiary/aromatic N) is 2. The Kier molecular flexibility index (Phi) is 5.55. The zero-order valence-electron chi connectivity index (χ0n) is 22.2. The molecule has 0 radical (unpaired) electrons. The van der Waals surface area contributed by atoms with Crippen LogP contribution in [0.25, 0.3) is 0 Å². The minimum absolute atomic E-state index is 0.0727. The molecule has 2 aromatic rings. The lowest BCUT2D eigenvalue weighted by Gasteiger charge is -2.37. The average Bonchev–Trinajstić information content (AvgIpc) is 3.63. The smallest absolute Gasteiger partial charge is 0.316 e.